The number of H-pyrrole nitrogens is 1. The number of hydrogen-bond acceptors (Lipinski definition) is 5. The fraction of sp³-hybridized carbons (Fsp3) is 0.400. The normalized spacial score (nSPS) is 17.9. The number of aromatic amines is 1. The molecule has 4 rings (SSSR count). The molecule has 29 heavy (non-hydrogen) atoms. The van der Waals surface area contributed by atoms with Crippen LogP contribution in [0, 0.1) is 0 Å². The van der Waals surface area contributed by atoms with Gasteiger partial charge in [-0.25, -0.2) is 9.97 Å². The van der Waals surface area contributed by atoms with Gasteiger partial charge in [-0.05, 0) is 31.5 Å². The Morgan fingerprint density at radius 2 is 2.10 bits per heavy atom. The number of aromatic nitrogens is 3. The van der Waals surface area contributed by atoms with Gasteiger partial charge in [0.2, 0.25) is 5.95 Å². The van der Waals surface area contributed by atoms with E-state index in [1.54, 1.807) is 24.4 Å². The van der Waals surface area contributed by atoms with Crippen LogP contribution in [0.2, 0.25) is 0 Å². The number of hydrogen-bond donors (Lipinski definition) is 3. The zero-order valence-electron chi connectivity index (χ0n) is 15.9. The number of halogens is 3. The van der Waals surface area contributed by atoms with Crippen molar-refractivity contribution in [2.45, 2.75) is 31.5 Å². The Morgan fingerprint density at radius 1 is 1.24 bits per heavy atom. The molecule has 3 N–H and O–H groups in total. The standard InChI is InChI=1S/C20H22F3N5O/c1-29-13-5-6-14-15(10-25-17(14)8-13)18-16(20(21,22)23)11-26-19(28-18)27-12-4-2-3-7-24-9-12/h5-6,8,10-12,24-25H,2-4,7,9H2,1H3,(H,26,27,28)/t12-/m0/s1. The molecular formula is C20H22F3N5O. The number of methoxy groups -OCH3 is 1. The molecule has 6 nitrogen and oxygen atoms in total. The molecule has 1 fully saturated rings. The van der Waals surface area contributed by atoms with Crippen LogP contribution in [-0.4, -0.2) is 41.2 Å². The van der Waals surface area contributed by atoms with Crippen LogP contribution in [-0.2, 0) is 6.18 Å². The minimum Gasteiger partial charge on any atom is -0.497 e. The third-order valence-corrected chi connectivity index (χ3v) is 5.12. The van der Waals surface area contributed by atoms with Gasteiger partial charge in [0.05, 0.1) is 12.8 Å². The van der Waals surface area contributed by atoms with Crippen LogP contribution in [0.15, 0.2) is 30.6 Å². The first-order valence-corrected chi connectivity index (χ1v) is 9.52. The maximum absolute atomic E-state index is 13.7. The van der Waals surface area contributed by atoms with E-state index in [1.807, 2.05) is 0 Å². The van der Waals surface area contributed by atoms with Gasteiger partial charge in [0.15, 0.2) is 0 Å². The first-order valence-electron chi connectivity index (χ1n) is 9.52. The molecule has 0 amide bonds. The Labute approximate surface area is 165 Å². The van der Waals surface area contributed by atoms with Gasteiger partial charge in [-0.3, -0.25) is 0 Å². The topological polar surface area (TPSA) is 74.9 Å². The highest BCUT2D eigenvalue weighted by Gasteiger charge is 2.36. The highest BCUT2D eigenvalue weighted by atomic mass is 19.4. The number of benzene rings is 1. The van der Waals surface area contributed by atoms with Crippen molar-refractivity contribution < 1.29 is 17.9 Å². The monoisotopic (exact) mass is 405 g/mol. The molecule has 0 spiro atoms. The number of rotatable bonds is 4. The predicted octanol–water partition coefficient (Wildman–Crippen LogP) is 4.21. The first kappa shape index (κ1) is 19.5. The predicted molar refractivity (Wildman–Crippen MR) is 105 cm³/mol. The Bertz CT molecular complexity index is 993. The van der Waals surface area contributed by atoms with Gasteiger partial charge in [-0.2, -0.15) is 13.2 Å². The van der Waals surface area contributed by atoms with Crippen LogP contribution in [0.25, 0.3) is 22.2 Å². The van der Waals surface area contributed by atoms with Crippen molar-refractivity contribution in [3.05, 3.63) is 36.2 Å². The molecule has 9 heteroatoms. The van der Waals surface area contributed by atoms with Crippen LogP contribution in [0.1, 0.15) is 24.8 Å². The molecule has 1 saturated heterocycles. The molecular weight excluding hydrogens is 383 g/mol. The van der Waals surface area contributed by atoms with Crippen molar-refractivity contribution in [2.75, 3.05) is 25.5 Å². The van der Waals surface area contributed by atoms with Gasteiger partial charge in [0.25, 0.3) is 0 Å². The maximum Gasteiger partial charge on any atom is 0.419 e. The van der Waals surface area contributed by atoms with E-state index in [-0.39, 0.29) is 17.7 Å². The van der Waals surface area contributed by atoms with Gasteiger partial charge in [-0.1, -0.05) is 6.42 Å². The van der Waals surface area contributed by atoms with Gasteiger partial charge in [0.1, 0.15) is 11.3 Å². The smallest absolute Gasteiger partial charge is 0.419 e. The number of ether oxygens (including phenoxy) is 1. The van der Waals surface area contributed by atoms with Gasteiger partial charge < -0.3 is 20.4 Å². The zero-order valence-corrected chi connectivity index (χ0v) is 15.9. The second-order valence-corrected chi connectivity index (χ2v) is 7.11. The summed E-state index contributed by atoms with van der Waals surface area (Å²) < 4.78 is 46.2. The summed E-state index contributed by atoms with van der Waals surface area (Å²) in [5.41, 5.74) is 0.0414. The van der Waals surface area contributed by atoms with E-state index < -0.39 is 11.7 Å². The molecule has 0 saturated carbocycles. The highest BCUT2D eigenvalue weighted by molar-refractivity contribution is 5.96. The van der Waals surface area contributed by atoms with Crippen molar-refractivity contribution in [3.8, 4) is 17.0 Å². The molecule has 1 aliphatic rings. The lowest BCUT2D eigenvalue weighted by atomic mass is 10.1. The first-order chi connectivity index (χ1) is 14.0. The third-order valence-electron chi connectivity index (χ3n) is 5.12. The Morgan fingerprint density at radius 3 is 2.90 bits per heavy atom. The Hall–Kier alpha value is -2.81. The minimum atomic E-state index is -4.56. The molecule has 3 aromatic rings. The summed E-state index contributed by atoms with van der Waals surface area (Å²) >= 11 is 0. The number of fused-ring (bicyclic) bond motifs is 1. The molecule has 1 atom stereocenters. The van der Waals surface area contributed by atoms with Gasteiger partial charge in [-0.15, -0.1) is 0 Å². The third kappa shape index (κ3) is 4.14. The summed E-state index contributed by atoms with van der Waals surface area (Å²) in [5.74, 6) is 0.817. The van der Waals surface area contributed by atoms with Crippen molar-refractivity contribution >= 4 is 16.9 Å². The maximum atomic E-state index is 13.7. The SMILES string of the molecule is COc1ccc2c(-c3nc(N[C@H]4CCCCNC4)ncc3C(F)(F)F)c[nH]c2c1. The lowest BCUT2D eigenvalue weighted by Crippen LogP contribution is -2.31. The lowest BCUT2D eigenvalue weighted by molar-refractivity contribution is -0.137. The summed E-state index contributed by atoms with van der Waals surface area (Å²) in [6.45, 7) is 1.67. The van der Waals surface area contributed by atoms with Crippen LogP contribution >= 0.6 is 0 Å². The van der Waals surface area contributed by atoms with Crippen LogP contribution in [0.4, 0.5) is 19.1 Å². The summed E-state index contributed by atoms with van der Waals surface area (Å²) in [6.07, 6.45) is 0.877. The van der Waals surface area contributed by atoms with Gasteiger partial charge in [0, 0.05) is 47.5 Å². The van der Waals surface area contributed by atoms with Crippen molar-refractivity contribution in [2.24, 2.45) is 0 Å². The summed E-state index contributed by atoms with van der Waals surface area (Å²) in [7, 11) is 1.54. The quantitative estimate of drug-likeness (QED) is 0.607. The zero-order chi connectivity index (χ0) is 20.4. The largest absolute Gasteiger partial charge is 0.497 e. The molecule has 0 aliphatic carbocycles. The van der Waals surface area contributed by atoms with Crippen LogP contribution in [0.3, 0.4) is 0 Å². The summed E-state index contributed by atoms with van der Waals surface area (Å²) in [4.78, 5) is 11.2. The minimum absolute atomic E-state index is 0.0781. The Kier molecular flexibility index (Phi) is 5.31. The van der Waals surface area contributed by atoms with Crippen molar-refractivity contribution in [1.82, 2.24) is 20.3 Å². The average molecular weight is 405 g/mol. The molecule has 1 aliphatic heterocycles. The lowest BCUT2D eigenvalue weighted by Gasteiger charge is -2.18. The van der Waals surface area contributed by atoms with Crippen molar-refractivity contribution in [3.63, 3.8) is 0 Å². The molecule has 0 radical (unpaired) electrons. The fourth-order valence-corrected chi connectivity index (χ4v) is 3.62. The summed E-state index contributed by atoms with van der Waals surface area (Å²) in [6, 6.07) is 5.26. The van der Waals surface area contributed by atoms with Crippen molar-refractivity contribution in [1.29, 1.82) is 0 Å². The Balaban J connectivity index is 1.75. The van der Waals surface area contributed by atoms with Crippen LogP contribution in [0.5, 0.6) is 5.75 Å². The molecule has 1 aromatic carbocycles. The number of alkyl halides is 3. The van der Waals surface area contributed by atoms with E-state index in [0.717, 1.165) is 38.5 Å². The molecule has 3 heterocycles. The fourth-order valence-electron chi connectivity index (χ4n) is 3.62. The van der Waals surface area contributed by atoms with E-state index >= 15 is 0 Å². The van der Waals surface area contributed by atoms with E-state index in [2.05, 4.69) is 25.6 Å². The molecule has 154 valence electrons. The second kappa shape index (κ2) is 7.90. The van der Waals surface area contributed by atoms with E-state index in [4.69, 9.17) is 4.74 Å². The molecule has 2 aromatic heterocycles. The number of nitrogens with one attached hydrogen (secondary N) is 3. The second-order valence-electron chi connectivity index (χ2n) is 7.11. The number of nitrogens with zero attached hydrogens (tertiary/aromatic N) is 2. The molecule has 0 unspecified atom stereocenters. The van der Waals surface area contributed by atoms with E-state index in [0.29, 0.717) is 22.2 Å². The molecule has 0 bridgehead atoms. The average Bonchev–Trinajstić information content (AvgIpc) is 2.95. The van der Waals surface area contributed by atoms with Crippen LogP contribution < -0.4 is 15.4 Å². The van der Waals surface area contributed by atoms with E-state index in [1.165, 1.54) is 7.11 Å². The number of anilines is 1. The summed E-state index contributed by atoms with van der Waals surface area (Å²) in [5, 5.41) is 7.14. The highest BCUT2D eigenvalue weighted by Crippen LogP contribution is 2.39. The van der Waals surface area contributed by atoms with Gasteiger partial charge >= 0.3 is 6.18 Å². The van der Waals surface area contributed by atoms with E-state index in [9.17, 15) is 13.2 Å².